The van der Waals surface area contributed by atoms with Crippen LogP contribution in [0.25, 0.3) is 0 Å². The third-order valence-electron chi connectivity index (χ3n) is 5.39. The van der Waals surface area contributed by atoms with Gasteiger partial charge in [-0.3, -0.25) is 4.79 Å². The van der Waals surface area contributed by atoms with Gasteiger partial charge in [-0.1, -0.05) is 19.1 Å². The lowest BCUT2D eigenvalue weighted by atomic mass is 9.94. The smallest absolute Gasteiger partial charge is 0.227 e. The van der Waals surface area contributed by atoms with Crippen molar-refractivity contribution in [3.05, 3.63) is 29.8 Å². The molecule has 0 unspecified atom stereocenters. The van der Waals surface area contributed by atoms with Gasteiger partial charge in [0.25, 0.3) is 0 Å². The van der Waals surface area contributed by atoms with Crippen molar-refractivity contribution in [3.63, 3.8) is 0 Å². The highest BCUT2D eigenvalue weighted by molar-refractivity contribution is 5.79. The van der Waals surface area contributed by atoms with Gasteiger partial charge >= 0.3 is 0 Å². The second-order valence-corrected chi connectivity index (χ2v) is 7.21. The first kappa shape index (κ1) is 18.2. The third kappa shape index (κ3) is 4.73. The number of rotatable bonds is 5. The molecule has 3 rings (SSSR count). The Balaban J connectivity index is 1.54. The SMILES string of the molecule is COc1ccc([C@H](C)CN2CCC[C@@H](C(=O)N3CCOCC3)C2)cc1. The van der Waals surface area contributed by atoms with E-state index in [2.05, 4.69) is 24.0 Å². The van der Waals surface area contributed by atoms with Crippen LogP contribution < -0.4 is 4.74 Å². The van der Waals surface area contributed by atoms with Crippen molar-refractivity contribution in [1.29, 1.82) is 0 Å². The zero-order valence-electron chi connectivity index (χ0n) is 15.4. The maximum Gasteiger partial charge on any atom is 0.227 e. The molecular weight excluding hydrogens is 316 g/mol. The Morgan fingerprint density at radius 2 is 1.96 bits per heavy atom. The summed E-state index contributed by atoms with van der Waals surface area (Å²) in [5, 5.41) is 0. The van der Waals surface area contributed by atoms with Gasteiger partial charge in [-0.2, -0.15) is 0 Å². The highest BCUT2D eigenvalue weighted by atomic mass is 16.5. The average molecular weight is 346 g/mol. The molecule has 2 saturated heterocycles. The zero-order valence-corrected chi connectivity index (χ0v) is 15.4. The van der Waals surface area contributed by atoms with Gasteiger partial charge in [0.05, 0.1) is 26.2 Å². The Bertz CT molecular complexity index is 555. The topological polar surface area (TPSA) is 42.0 Å². The Morgan fingerprint density at radius 3 is 2.64 bits per heavy atom. The second kappa shape index (κ2) is 8.68. The van der Waals surface area contributed by atoms with E-state index in [-0.39, 0.29) is 5.92 Å². The molecule has 2 heterocycles. The van der Waals surface area contributed by atoms with E-state index >= 15 is 0 Å². The molecule has 0 radical (unpaired) electrons. The highest BCUT2D eigenvalue weighted by Crippen LogP contribution is 2.24. The predicted molar refractivity (Wildman–Crippen MR) is 98.0 cm³/mol. The summed E-state index contributed by atoms with van der Waals surface area (Å²) in [4.78, 5) is 17.2. The largest absolute Gasteiger partial charge is 0.497 e. The lowest BCUT2D eigenvalue weighted by molar-refractivity contribution is -0.141. The molecule has 0 aliphatic carbocycles. The van der Waals surface area contributed by atoms with Gasteiger partial charge in [0, 0.05) is 26.2 Å². The quantitative estimate of drug-likeness (QED) is 0.821. The van der Waals surface area contributed by atoms with Gasteiger partial charge < -0.3 is 19.3 Å². The molecule has 1 amide bonds. The van der Waals surface area contributed by atoms with Crippen LogP contribution in [0.5, 0.6) is 5.75 Å². The zero-order chi connectivity index (χ0) is 17.6. The summed E-state index contributed by atoms with van der Waals surface area (Å²) in [5.41, 5.74) is 1.32. The van der Waals surface area contributed by atoms with E-state index in [9.17, 15) is 4.79 Å². The molecule has 5 heteroatoms. The van der Waals surface area contributed by atoms with Gasteiger partial charge in [-0.25, -0.2) is 0 Å². The van der Waals surface area contributed by atoms with Crippen LogP contribution in [-0.4, -0.2) is 68.8 Å². The molecular formula is C20H30N2O3. The van der Waals surface area contributed by atoms with E-state index in [1.165, 1.54) is 5.56 Å². The molecule has 1 aromatic carbocycles. The average Bonchev–Trinajstić information content (AvgIpc) is 2.68. The molecule has 0 bridgehead atoms. The fourth-order valence-corrected chi connectivity index (χ4v) is 3.89. The Morgan fingerprint density at radius 1 is 1.24 bits per heavy atom. The van der Waals surface area contributed by atoms with Crippen LogP contribution in [0.1, 0.15) is 31.2 Å². The minimum Gasteiger partial charge on any atom is -0.497 e. The van der Waals surface area contributed by atoms with Gasteiger partial charge in [-0.15, -0.1) is 0 Å². The van der Waals surface area contributed by atoms with Crippen molar-refractivity contribution in [2.24, 2.45) is 5.92 Å². The molecule has 138 valence electrons. The number of methoxy groups -OCH3 is 1. The number of ether oxygens (including phenoxy) is 2. The number of morpholine rings is 1. The van der Waals surface area contributed by atoms with E-state index in [0.29, 0.717) is 25.0 Å². The number of piperidine rings is 1. The first-order valence-corrected chi connectivity index (χ1v) is 9.40. The van der Waals surface area contributed by atoms with Gasteiger partial charge in [0.1, 0.15) is 5.75 Å². The fourth-order valence-electron chi connectivity index (χ4n) is 3.89. The van der Waals surface area contributed by atoms with Crippen molar-refractivity contribution in [2.45, 2.75) is 25.7 Å². The van der Waals surface area contributed by atoms with Crippen molar-refractivity contribution in [3.8, 4) is 5.75 Å². The summed E-state index contributed by atoms with van der Waals surface area (Å²) < 4.78 is 10.6. The molecule has 2 aliphatic rings. The number of amides is 1. The number of hydrogen-bond acceptors (Lipinski definition) is 4. The fraction of sp³-hybridized carbons (Fsp3) is 0.650. The highest BCUT2D eigenvalue weighted by Gasteiger charge is 2.30. The first-order chi connectivity index (χ1) is 12.2. The van der Waals surface area contributed by atoms with Crippen molar-refractivity contribution in [2.75, 3.05) is 53.0 Å². The molecule has 0 spiro atoms. The van der Waals surface area contributed by atoms with Crippen LogP contribution in [0.15, 0.2) is 24.3 Å². The number of hydrogen-bond donors (Lipinski definition) is 0. The normalized spacial score (nSPS) is 23.3. The maximum absolute atomic E-state index is 12.8. The predicted octanol–water partition coefficient (Wildman–Crippen LogP) is 2.37. The van der Waals surface area contributed by atoms with Crippen LogP contribution >= 0.6 is 0 Å². The van der Waals surface area contributed by atoms with Crippen molar-refractivity contribution in [1.82, 2.24) is 9.80 Å². The molecule has 0 saturated carbocycles. The Kier molecular flexibility index (Phi) is 6.32. The van der Waals surface area contributed by atoms with Crippen LogP contribution in [0.2, 0.25) is 0 Å². The van der Waals surface area contributed by atoms with E-state index in [1.54, 1.807) is 7.11 Å². The molecule has 2 fully saturated rings. The maximum atomic E-state index is 12.8. The van der Waals surface area contributed by atoms with Gasteiger partial charge in [0.2, 0.25) is 5.91 Å². The third-order valence-corrected chi connectivity index (χ3v) is 5.39. The molecule has 25 heavy (non-hydrogen) atoms. The minimum atomic E-state index is 0.148. The molecule has 5 nitrogen and oxygen atoms in total. The summed E-state index contributed by atoms with van der Waals surface area (Å²) in [7, 11) is 1.69. The first-order valence-electron chi connectivity index (χ1n) is 9.40. The lowest BCUT2D eigenvalue weighted by Crippen LogP contribution is -2.48. The monoisotopic (exact) mass is 346 g/mol. The summed E-state index contributed by atoms with van der Waals surface area (Å²) in [6.45, 7) is 8.08. The van der Waals surface area contributed by atoms with Crippen molar-refractivity contribution < 1.29 is 14.3 Å². The summed E-state index contributed by atoms with van der Waals surface area (Å²) in [6, 6.07) is 8.33. The minimum absolute atomic E-state index is 0.148. The van der Waals surface area contributed by atoms with Crippen LogP contribution in [0, 0.1) is 5.92 Å². The molecule has 2 aliphatic heterocycles. The number of likely N-dealkylation sites (tertiary alicyclic amines) is 1. The lowest BCUT2D eigenvalue weighted by Gasteiger charge is -2.37. The van der Waals surface area contributed by atoms with Crippen LogP contribution in [0.4, 0.5) is 0 Å². The Hall–Kier alpha value is -1.59. The molecule has 1 aromatic rings. The second-order valence-electron chi connectivity index (χ2n) is 7.21. The van der Waals surface area contributed by atoms with E-state index in [1.807, 2.05) is 17.0 Å². The standard InChI is InChI=1S/C20H30N2O3/c1-16(17-5-7-19(24-2)8-6-17)14-21-9-3-4-18(15-21)20(23)22-10-12-25-13-11-22/h5-8,16,18H,3-4,9-15H2,1-2H3/t16-,18-/m1/s1. The molecule has 0 aromatic heterocycles. The Labute approximate surface area is 150 Å². The van der Waals surface area contributed by atoms with Crippen LogP contribution in [-0.2, 0) is 9.53 Å². The van der Waals surface area contributed by atoms with E-state index < -0.39 is 0 Å². The molecule has 2 atom stereocenters. The van der Waals surface area contributed by atoms with Crippen molar-refractivity contribution >= 4 is 5.91 Å². The molecule has 0 N–H and O–H groups in total. The van der Waals surface area contributed by atoms with E-state index in [4.69, 9.17) is 9.47 Å². The van der Waals surface area contributed by atoms with Crippen LogP contribution in [0.3, 0.4) is 0 Å². The summed E-state index contributed by atoms with van der Waals surface area (Å²) >= 11 is 0. The number of benzene rings is 1. The number of nitrogens with zero attached hydrogens (tertiary/aromatic N) is 2. The number of carbonyl (C=O) groups is 1. The van der Waals surface area contributed by atoms with Gasteiger partial charge in [0.15, 0.2) is 0 Å². The van der Waals surface area contributed by atoms with E-state index in [0.717, 1.165) is 51.3 Å². The summed E-state index contributed by atoms with van der Waals surface area (Å²) in [6.07, 6.45) is 2.12. The van der Waals surface area contributed by atoms with Gasteiger partial charge in [-0.05, 0) is 43.0 Å². The summed E-state index contributed by atoms with van der Waals surface area (Å²) in [5.74, 6) is 1.81. The number of carbonyl (C=O) groups excluding carboxylic acids is 1.